The first-order valence-electron chi connectivity index (χ1n) is 8.21. The molecular weight excluding hydrogens is 339 g/mol. The lowest BCUT2D eigenvalue weighted by atomic mass is 9.99. The first-order valence-corrected chi connectivity index (χ1v) is 8.21. The Bertz CT molecular complexity index is 814. The number of nitrogens with one attached hydrogen (secondary N) is 2. The Morgan fingerprint density at radius 1 is 1.12 bits per heavy atom. The SMILES string of the molecule is COc1cc(C(=O)Nc2ccc3c(c2F)CCNC3)cc(OC)c1OC. The van der Waals surface area contributed by atoms with Gasteiger partial charge >= 0.3 is 0 Å². The second-order valence-corrected chi connectivity index (χ2v) is 5.86. The van der Waals surface area contributed by atoms with E-state index in [1.54, 1.807) is 6.07 Å². The summed E-state index contributed by atoms with van der Waals surface area (Å²) in [7, 11) is 4.42. The molecule has 2 N–H and O–H groups in total. The molecule has 7 heteroatoms. The van der Waals surface area contributed by atoms with Crippen molar-refractivity contribution >= 4 is 11.6 Å². The predicted octanol–water partition coefficient (Wildman–Crippen LogP) is 2.75. The number of carbonyl (C=O) groups excluding carboxylic acids is 1. The van der Waals surface area contributed by atoms with Crippen LogP contribution in [0.25, 0.3) is 0 Å². The van der Waals surface area contributed by atoms with E-state index in [-0.39, 0.29) is 17.1 Å². The summed E-state index contributed by atoms with van der Waals surface area (Å²) in [4.78, 5) is 12.6. The molecule has 138 valence electrons. The van der Waals surface area contributed by atoms with Gasteiger partial charge in [0.1, 0.15) is 5.82 Å². The van der Waals surface area contributed by atoms with Crippen LogP contribution in [0.5, 0.6) is 17.2 Å². The van der Waals surface area contributed by atoms with Gasteiger partial charge in [0.25, 0.3) is 5.91 Å². The molecule has 26 heavy (non-hydrogen) atoms. The van der Waals surface area contributed by atoms with Gasteiger partial charge in [-0.15, -0.1) is 0 Å². The summed E-state index contributed by atoms with van der Waals surface area (Å²) >= 11 is 0. The molecule has 6 nitrogen and oxygen atoms in total. The van der Waals surface area contributed by atoms with Crippen molar-refractivity contribution in [2.45, 2.75) is 13.0 Å². The highest BCUT2D eigenvalue weighted by molar-refractivity contribution is 6.05. The van der Waals surface area contributed by atoms with Crippen LogP contribution in [0.1, 0.15) is 21.5 Å². The standard InChI is InChI=1S/C19H21FN2O4/c1-24-15-8-12(9-16(25-2)18(15)26-3)19(23)22-14-5-4-11-10-21-7-6-13(11)17(14)20/h4-5,8-9,21H,6-7,10H2,1-3H3,(H,22,23). The molecular formula is C19H21FN2O4. The van der Waals surface area contributed by atoms with Crippen LogP contribution in [-0.2, 0) is 13.0 Å². The van der Waals surface area contributed by atoms with Gasteiger partial charge in [-0.3, -0.25) is 4.79 Å². The molecule has 0 radical (unpaired) electrons. The first-order chi connectivity index (χ1) is 12.6. The fraction of sp³-hybridized carbons (Fsp3) is 0.316. The Balaban J connectivity index is 1.91. The van der Waals surface area contributed by atoms with Crippen molar-refractivity contribution < 1.29 is 23.4 Å². The number of rotatable bonds is 5. The van der Waals surface area contributed by atoms with Crippen molar-refractivity contribution in [1.82, 2.24) is 5.32 Å². The molecule has 1 heterocycles. The molecule has 1 aliphatic heterocycles. The van der Waals surface area contributed by atoms with Gasteiger partial charge in [0, 0.05) is 12.1 Å². The minimum atomic E-state index is -0.461. The van der Waals surface area contributed by atoms with Crippen LogP contribution in [0.3, 0.4) is 0 Å². The van der Waals surface area contributed by atoms with Gasteiger partial charge in [-0.2, -0.15) is 0 Å². The monoisotopic (exact) mass is 360 g/mol. The Labute approximate surface area is 151 Å². The highest BCUT2D eigenvalue weighted by atomic mass is 19.1. The highest BCUT2D eigenvalue weighted by Crippen LogP contribution is 2.38. The number of fused-ring (bicyclic) bond motifs is 1. The van der Waals surface area contributed by atoms with Gasteiger partial charge in [-0.25, -0.2) is 4.39 Å². The maximum atomic E-state index is 14.7. The topological polar surface area (TPSA) is 68.8 Å². The van der Waals surface area contributed by atoms with E-state index in [9.17, 15) is 9.18 Å². The Morgan fingerprint density at radius 3 is 2.42 bits per heavy atom. The summed E-state index contributed by atoms with van der Waals surface area (Å²) in [5.41, 5.74) is 1.99. The van der Waals surface area contributed by atoms with E-state index in [2.05, 4.69) is 10.6 Å². The van der Waals surface area contributed by atoms with E-state index in [1.807, 2.05) is 6.07 Å². The van der Waals surface area contributed by atoms with E-state index >= 15 is 0 Å². The van der Waals surface area contributed by atoms with Gasteiger partial charge in [-0.05, 0) is 42.3 Å². The molecule has 2 aromatic carbocycles. The van der Waals surface area contributed by atoms with E-state index in [0.29, 0.717) is 42.3 Å². The van der Waals surface area contributed by atoms with Crippen LogP contribution in [-0.4, -0.2) is 33.8 Å². The van der Waals surface area contributed by atoms with Crippen molar-refractivity contribution in [3.63, 3.8) is 0 Å². The van der Waals surface area contributed by atoms with E-state index in [1.165, 1.54) is 33.5 Å². The van der Waals surface area contributed by atoms with Crippen molar-refractivity contribution in [1.29, 1.82) is 0 Å². The molecule has 0 saturated heterocycles. The second kappa shape index (κ2) is 7.61. The summed E-state index contributed by atoms with van der Waals surface area (Å²) in [5, 5.41) is 5.83. The van der Waals surface area contributed by atoms with Crippen molar-refractivity contribution in [2.75, 3.05) is 33.2 Å². The van der Waals surface area contributed by atoms with Gasteiger partial charge < -0.3 is 24.8 Å². The maximum Gasteiger partial charge on any atom is 0.256 e. The largest absolute Gasteiger partial charge is 0.493 e. The highest BCUT2D eigenvalue weighted by Gasteiger charge is 2.20. The number of benzene rings is 2. The second-order valence-electron chi connectivity index (χ2n) is 5.86. The van der Waals surface area contributed by atoms with Crippen LogP contribution in [0.15, 0.2) is 24.3 Å². The number of amides is 1. The first kappa shape index (κ1) is 18.0. The van der Waals surface area contributed by atoms with E-state index < -0.39 is 5.91 Å². The summed E-state index contributed by atoms with van der Waals surface area (Å²) in [6.07, 6.45) is 0.592. The summed E-state index contributed by atoms with van der Waals surface area (Å²) in [5.74, 6) is 0.254. The van der Waals surface area contributed by atoms with Gasteiger partial charge in [0.05, 0.1) is 27.0 Å². The molecule has 2 aromatic rings. The molecule has 1 amide bonds. The molecule has 0 atom stereocenters. The van der Waals surface area contributed by atoms with Crippen molar-refractivity contribution in [3.8, 4) is 17.2 Å². The van der Waals surface area contributed by atoms with Crippen LogP contribution in [0.4, 0.5) is 10.1 Å². The lowest BCUT2D eigenvalue weighted by Crippen LogP contribution is -2.25. The number of hydrogen-bond donors (Lipinski definition) is 2. The van der Waals surface area contributed by atoms with E-state index in [4.69, 9.17) is 14.2 Å². The zero-order chi connectivity index (χ0) is 18.7. The Hall–Kier alpha value is -2.80. The molecule has 0 aromatic heterocycles. The zero-order valence-corrected chi connectivity index (χ0v) is 14.9. The predicted molar refractivity (Wildman–Crippen MR) is 95.9 cm³/mol. The molecule has 0 saturated carbocycles. The fourth-order valence-corrected chi connectivity index (χ4v) is 3.04. The average Bonchev–Trinajstić information content (AvgIpc) is 2.68. The van der Waals surface area contributed by atoms with Gasteiger partial charge in [0.2, 0.25) is 5.75 Å². The average molecular weight is 360 g/mol. The number of ether oxygens (including phenoxy) is 3. The smallest absolute Gasteiger partial charge is 0.256 e. The maximum absolute atomic E-state index is 14.7. The van der Waals surface area contributed by atoms with Gasteiger partial charge in [-0.1, -0.05) is 6.07 Å². The summed E-state index contributed by atoms with van der Waals surface area (Å²) in [6, 6.07) is 6.46. The Morgan fingerprint density at radius 2 is 1.81 bits per heavy atom. The quantitative estimate of drug-likeness (QED) is 0.858. The Kier molecular flexibility index (Phi) is 5.27. The molecule has 0 spiro atoms. The zero-order valence-electron chi connectivity index (χ0n) is 14.9. The van der Waals surface area contributed by atoms with Crippen LogP contribution >= 0.6 is 0 Å². The van der Waals surface area contributed by atoms with Crippen molar-refractivity contribution in [2.24, 2.45) is 0 Å². The van der Waals surface area contributed by atoms with Crippen molar-refractivity contribution in [3.05, 3.63) is 46.8 Å². The minimum absolute atomic E-state index is 0.157. The number of halogens is 1. The molecule has 3 rings (SSSR count). The molecule has 0 unspecified atom stereocenters. The number of methoxy groups -OCH3 is 3. The molecule has 0 aliphatic carbocycles. The normalized spacial score (nSPS) is 12.9. The lowest BCUT2D eigenvalue weighted by Gasteiger charge is -2.19. The van der Waals surface area contributed by atoms with Gasteiger partial charge in [0.15, 0.2) is 11.5 Å². The summed E-state index contributed by atoms with van der Waals surface area (Å²) in [6.45, 7) is 1.35. The summed E-state index contributed by atoms with van der Waals surface area (Å²) < 4.78 is 30.5. The van der Waals surface area contributed by atoms with Crippen LogP contribution in [0.2, 0.25) is 0 Å². The van der Waals surface area contributed by atoms with E-state index in [0.717, 1.165) is 5.56 Å². The fourth-order valence-electron chi connectivity index (χ4n) is 3.04. The number of hydrogen-bond acceptors (Lipinski definition) is 5. The third-order valence-corrected chi connectivity index (χ3v) is 4.38. The lowest BCUT2D eigenvalue weighted by molar-refractivity contribution is 0.102. The minimum Gasteiger partial charge on any atom is -0.493 e. The number of anilines is 1. The van der Waals surface area contributed by atoms with Crippen LogP contribution in [0, 0.1) is 5.82 Å². The third-order valence-electron chi connectivity index (χ3n) is 4.38. The third kappa shape index (κ3) is 3.30. The molecule has 0 fully saturated rings. The number of carbonyl (C=O) groups is 1. The van der Waals surface area contributed by atoms with Crippen LogP contribution < -0.4 is 24.8 Å². The molecule has 0 bridgehead atoms. The molecule has 1 aliphatic rings.